The van der Waals surface area contributed by atoms with E-state index < -0.39 is 10.5 Å². The third-order valence-corrected chi connectivity index (χ3v) is 3.10. The molecule has 0 bridgehead atoms. The molecule has 7 heteroatoms. The average molecular weight is 298 g/mol. The van der Waals surface area contributed by atoms with Gasteiger partial charge in [0.15, 0.2) is 0 Å². The molecular weight excluding hydrogens is 282 g/mol. The highest BCUT2D eigenvalue weighted by molar-refractivity contribution is 6.32. The number of hydrogen-bond acceptors (Lipinski definition) is 5. The van der Waals surface area contributed by atoms with Crippen LogP contribution in [0.2, 0.25) is 5.02 Å². The minimum absolute atomic E-state index is 0.0298. The topological polar surface area (TPSA) is 88.2 Å². The molecule has 20 heavy (non-hydrogen) atoms. The molecule has 1 N–H and O–H groups in total. The van der Waals surface area contributed by atoms with Gasteiger partial charge in [0.1, 0.15) is 16.3 Å². The van der Waals surface area contributed by atoms with Crippen LogP contribution in [0.4, 0.5) is 5.69 Å². The fourth-order valence-corrected chi connectivity index (χ4v) is 1.91. The lowest BCUT2D eigenvalue weighted by Crippen LogP contribution is -2.42. The number of hydrogen-bond donors (Lipinski definition) is 1. The van der Waals surface area contributed by atoms with E-state index in [2.05, 4.69) is 11.4 Å². The zero-order valence-electron chi connectivity index (χ0n) is 11.4. The van der Waals surface area contributed by atoms with E-state index >= 15 is 0 Å². The molecule has 108 valence electrons. The first-order chi connectivity index (χ1) is 9.41. The standard InChI is InChI=1S/C13H16ClN3O3/c1-3-16-13(2,9-15)6-7-20-10-4-5-12(17(18)19)11(14)8-10/h4-5,8,16H,3,6-7H2,1-2H3. The van der Waals surface area contributed by atoms with E-state index in [1.54, 1.807) is 6.92 Å². The van der Waals surface area contributed by atoms with Crippen molar-refractivity contribution in [3.8, 4) is 11.8 Å². The van der Waals surface area contributed by atoms with Gasteiger partial charge in [-0.05, 0) is 19.5 Å². The molecule has 1 atom stereocenters. The van der Waals surface area contributed by atoms with Crippen molar-refractivity contribution in [2.24, 2.45) is 0 Å². The van der Waals surface area contributed by atoms with Crippen molar-refractivity contribution in [3.05, 3.63) is 33.3 Å². The molecule has 1 aromatic rings. The van der Waals surface area contributed by atoms with Crippen molar-refractivity contribution in [3.63, 3.8) is 0 Å². The van der Waals surface area contributed by atoms with E-state index in [4.69, 9.17) is 21.6 Å². The SMILES string of the molecule is CCNC(C)(C#N)CCOc1ccc([N+](=O)[O-])c(Cl)c1. The predicted octanol–water partition coefficient (Wildman–Crippen LogP) is 2.91. The van der Waals surface area contributed by atoms with E-state index in [9.17, 15) is 10.1 Å². The molecule has 1 unspecified atom stereocenters. The van der Waals surface area contributed by atoms with Crippen molar-refractivity contribution >= 4 is 17.3 Å². The van der Waals surface area contributed by atoms with Crippen molar-refractivity contribution in [2.75, 3.05) is 13.2 Å². The van der Waals surface area contributed by atoms with Gasteiger partial charge in [-0.25, -0.2) is 0 Å². The number of rotatable bonds is 7. The van der Waals surface area contributed by atoms with Gasteiger partial charge in [-0.15, -0.1) is 0 Å². The van der Waals surface area contributed by atoms with Gasteiger partial charge >= 0.3 is 0 Å². The Morgan fingerprint density at radius 3 is 2.80 bits per heavy atom. The average Bonchev–Trinajstić information content (AvgIpc) is 2.38. The summed E-state index contributed by atoms with van der Waals surface area (Å²) in [7, 11) is 0. The van der Waals surface area contributed by atoms with Crippen LogP contribution in [0.25, 0.3) is 0 Å². The third kappa shape index (κ3) is 4.37. The fraction of sp³-hybridized carbons (Fsp3) is 0.462. The van der Waals surface area contributed by atoms with Crippen LogP contribution in [0.1, 0.15) is 20.3 Å². The summed E-state index contributed by atoms with van der Waals surface area (Å²) in [4.78, 5) is 10.1. The number of nitrogens with zero attached hydrogens (tertiary/aromatic N) is 2. The summed E-state index contributed by atoms with van der Waals surface area (Å²) in [5.74, 6) is 0.442. The van der Waals surface area contributed by atoms with Crippen LogP contribution in [0.5, 0.6) is 5.75 Å². The summed E-state index contributed by atoms with van der Waals surface area (Å²) in [6.07, 6.45) is 0.492. The van der Waals surface area contributed by atoms with Crippen LogP contribution in [-0.2, 0) is 0 Å². The maximum atomic E-state index is 10.6. The Morgan fingerprint density at radius 1 is 1.60 bits per heavy atom. The van der Waals surface area contributed by atoms with Gasteiger partial charge in [0.2, 0.25) is 0 Å². The zero-order chi connectivity index (χ0) is 15.2. The van der Waals surface area contributed by atoms with Gasteiger partial charge in [-0.1, -0.05) is 18.5 Å². The van der Waals surface area contributed by atoms with Crippen LogP contribution >= 0.6 is 11.6 Å². The van der Waals surface area contributed by atoms with E-state index in [1.807, 2.05) is 6.92 Å². The Kier molecular flexibility index (Phi) is 5.74. The van der Waals surface area contributed by atoms with Crippen LogP contribution < -0.4 is 10.1 Å². The lowest BCUT2D eigenvalue weighted by Gasteiger charge is -2.22. The largest absolute Gasteiger partial charge is 0.493 e. The summed E-state index contributed by atoms with van der Waals surface area (Å²) >= 11 is 5.78. The second-order valence-electron chi connectivity index (χ2n) is 4.44. The zero-order valence-corrected chi connectivity index (χ0v) is 12.1. The summed E-state index contributed by atoms with van der Waals surface area (Å²) in [5.41, 5.74) is -0.812. The summed E-state index contributed by atoms with van der Waals surface area (Å²) in [5, 5.41) is 22.8. The normalized spacial score (nSPS) is 13.3. The second-order valence-corrected chi connectivity index (χ2v) is 4.85. The molecule has 0 radical (unpaired) electrons. The molecule has 0 spiro atoms. The quantitative estimate of drug-likeness (QED) is 0.617. The Labute approximate surface area is 122 Å². The molecule has 6 nitrogen and oxygen atoms in total. The van der Waals surface area contributed by atoms with E-state index in [0.717, 1.165) is 0 Å². The molecule has 0 amide bonds. The van der Waals surface area contributed by atoms with Gasteiger partial charge in [0, 0.05) is 18.6 Å². The lowest BCUT2D eigenvalue weighted by molar-refractivity contribution is -0.384. The molecule has 0 aliphatic heterocycles. The molecular formula is C13H16ClN3O3. The molecule has 1 aromatic carbocycles. The highest BCUT2D eigenvalue weighted by Crippen LogP contribution is 2.28. The number of nitriles is 1. The summed E-state index contributed by atoms with van der Waals surface area (Å²) in [6.45, 7) is 4.72. The Hall–Kier alpha value is -1.84. The molecule has 1 rings (SSSR count). The molecule has 0 fully saturated rings. The van der Waals surface area contributed by atoms with Gasteiger partial charge in [0.05, 0.1) is 17.6 Å². The molecule has 0 saturated heterocycles. The monoisotopic (exact) mass is 297 g/mol. The number of nitro benzene ring substituents is 1. The summed E-state index contributed by atoms with van der Waals surface area (Å²) in [6, 6.07) is 6.38. The molecule has 0 aliphatic rings. The Bertz CT molecular complexity index is 530. The smallest absolute Gasteiger partial charge is 0.288 e. The van der Waals surface area contributed by atoms with E-state index in [0.29, 0.717) is 25.3 Å². The van der Waals surface area contributed by atoms with Crippen molar-refractivity contribution in [1.82, 2.24) is 5.32 Å². The first kappa shape index (κ1) is 16.2. The first-order valence-electron chi connectivity index (χ1n) is 6.15. The minimum atomic E-state index is -0.653. The first-order valence-corrected chi connectivity index (χ1v) is 6.52. The number of nitrogens with one attached hydrogen (secondary N) is 1. The van der Waals surface area contributed by atoms with Gasteiger partial charge in [-0.3, -0.25) is 15.4 Å². The highest BCUT2D eigenvalue weighted by atomic mass is 35.5. The molecule has 0 aromatic heterocycles. The van der Waals surface area contributed by atoms with Crippen molar-refractivity contribution < 1.29 is 9.66 Å². The minimum Gasteiger partial charge on any atom is -0.493 e. The predicted molar refractivity (Wildman–Crippen MR) is 75.9 cm³/mol. The van der Waals surface area contributed by atoms with Crippen molar-refractivity contribution in [2.45, 2.75) is 25.8 Å². The molecule has 0 heterocycles. The van der Waals surface area contributed by atoms with Gasteiger partial charge in [-0.2, -0.15) is 5.26 Å². The molecule has 0 aliphatic carbocycles. The second kappa shape index (κ2) is 7.08. The van der Waals surface area contributed by atoms with Crippen LogP contribution in [0.15, 0.2) is 18.2 Å². The van der Waals surface area contributed by atoms with Crippen LogP contribution in [0.3, 0.4) is 0 Å². The molecule has 0 saturated carbocycles. The number of ether oxygens (including phenoxy) is 1. The van der Waals surface area contributed by atoms with Crippen molar-refractivity contribution in [1.29, 1.82) is 5.26 Å². The third-order valence-electron chi connectivity index (χ3n) is 2.80. The van der Waals surface area contributed by atoms with Crippen LogP contribution in [0, 0.1) is 21.4 Å². The number of halogens is 1. The lowest BCUT2D eigenvalue weighted by atomic mass is 10.0. The number of nitro groups is 1. The Balaban J connectivity index is 2.61. The fourth-order valence-electron chi connectivity index (χ4n) is 1.67. The maximum Gasteiger partial charge on any atom is 0.288 e. The summed E-state index contributed by atoms with van der Waals surface area (Å²) < 4.78 is 5.47. The van der Waals surface area contributed by atoms with Gasteiger partial charge in [0.25, 0.3) is 5.69 Å². The highest BCUT2D eigenvalue weighted by Gasteiger charge is 2.22. The van der Waals surface area contributed by atoms with E-state index in [1.165, 1.54) is 18.2 Å². The van der Waals surface area contributed by atoms with Crippen LogP contribution in [-0.4, -0.2) is 23.6 Å². The Morgan fingerprint density at radius 2 is 2.30 bits per heavy atom. The van der Waals surface area contributed by atoms with E-state index in [-0.39, 0.29) is 10.7 Å². The number of benzene rings is 1. The van der Waals surface area contributed by atoms with Gasteiger partial charge < -0.3 is 4.74 Å². The maximum absolute atomic E-state index is 10.6.